The van der Waals surface area contributed by atoms with Gasteiger partial charge in [-0.1, -0.05) is 0 Å². The number of aliphatic hydroxyl groups is 1. The molecule has 1 saturated heterocycles. The average molecular weight is 212 g/mol. The number of aliphatic hydroxyl groups excluding tert-OH is 1. The molecule has 1 fully saturated rings. The van der Waals surface area contributed by atoms with E-state index >= 15 is 0 Å². The SMILES string of the molecule is CN(C)/C=C/C(=O)CN1CC[C@@H](O)C1=O. The van der Waals surface area contributed by atoms with Crippen molar-refractivity contribution in [3.63, 3.8) is 0 Å². The summed E-state index contributed by atoms with van der Waals surface area (Å²) in [5.41, 5.74) is 0. The lowest BCUT2D eigenvalue weighted by Gasteiger charge is -2.13. The minimum absolute atomic E-state index is 0.0558. The fourth-order valence-electron chi connectivity index (χ4n) is 1.35. The van der Waals surface area contributed by atoms with Crippen molar-refractivity contribution in [1.29, 1.82) is 0 Å². The highest BCUT2D eigenvalue weighted by Crippen LogP contribution is 2.10. The van der Waals surface area contributed by atoms with Crippen molar-refractivity contribution in [2.75, 3.05) is 27.2 Å². The van der Waals surface area contributed by atoms with Crippen LogP contribution in [0.3, 0.4) is 0 Å². The Labute approximate surface area is 89.0 Å². The molecule has 0 bridgehead atoms. The van der Waals surface area contributed by atoms with Crippen molar-refractivity contribution in [2.45, 2.75) is 12.5 Å². The Kier molecular flexibility index (Phi) is 3.85. The first-order chi connectivity index (χ1) is 7.00. The predicted molar refractivity (Wildman–Crippen MR) is 55.0 cm³/mol. The largest absolute Gasteiger partial charge is 0.383 e. The highest BCUT2D eigenvalue weighted by molar-refractivity contribution is 5.95. The zero-order chi connectivity index (χ0) is 11.4. The number of nitrogens with zero attached hydrogens (tertiary/aromatic N) is 2. The second-order valence-corrected chi connectivity index (χ2v) is 3.81. The van der Waals surface area contributed by atoms with Gasteiger partial charge in [0.15, 0.2) is 5.78 Å². The van der Waals surface area contributed by atoms with E-state index in [2.05, 4.69) is 0 Å². The molecule has 0 unspecified atom stereocenters. The van der Waals surface area contributed by atoms with Gasteiger partial charge in [-0.15, -0.1) is 0 Å². The van der Waals surface area contributed by atoms with Crippen molar-refractivity contribution in [3.8, 4) is 0 Å². The molecule has 0 saturated carbocycles. The first-order valence-electron chi connectivity index (χ1n) is 4.85. The number of rotatable bonds is 4. The summed E-state index contributed by atoms with van der Waals surface area (Å²) in [5.74, 6) is -0.479. The smallest absolute Gasteiger partial charge is 0.251 e. The fourth-order valence-corrected chi connectivity index (χ4v) is 1.35. The lowest BCUT2D eigenvalue weighted by atomic mass is 10.3. The zero-order valence-electron chi connectivity index (χ0n) is 9.01. The van der Waals surface area contributed by atoms with Crippen LogP contribution >= 0.6 is 0 Å². The third-order valence-corrected chi connectivity index (χ3v) is 2.17. The number of likely N-dealkylation sites (tertiary alicyclic amines) is 1. The van der Waals surface area contributed by atoms with Crippen molar-refractivity contribution in [2.24, 2.45) is 0 Å². The van der Waals surface area contributed by atoms with Crippen LogP contribution in [0, 0.1) is 0 Å². The summed E-state index contributed by atoms with van der Waals surface area (Å²) < 4.78 is 0. The van der Waals surface area contributed by atoms with Gasteiger partial charge >= 0.3 is 0 Å². The third kappa shape index (κ3) is 3.36. The van der Waals surface area contributed by atoms with Gasteiger partial charge in [0.05, 0.1) is 6.54 Å². The Morgan fingerprint density at radius 1 is 1.67 bits per heavy atom. The molecular formula is C10H16N2O3. The number of carbonyl (C=O) groups is 2. The van der Waals surface area contributed by atoms with Crippen LogP contribution in [0.2, 0.25) is 0 Å². The summed E-state index contributed by atoms with van der Waals surface area (Å²) in [6, 6.07) is 0. The first kappa shape index (κ1) is 11.7. The van der Waals surface area contributed by atoms with E-state index in [1.54, 1.807) is 11.1 Å². The molecule has 1 rings (SSSR count). The van der Waals surface area contributed by atoms with E-state index in [0.29, 0.717) is 13.0 Å². The van der Waals surface area contributed by atoms with E-state index < -0.39 is 6.10 Å². The second-order valence-electron chi connectivity index (χ2n) is 3.81. The Morgan fingerprint density at radius 2 is 2.33 bits per heavy atom. The molecule has 1 amide bonds. The van der Waals surface area contributed by atoms with Gasteiger partial charge in [0.1, 0.15) is 6.10 Å². The van der Waals surface area contributed by atoms with Crippen LogP contribution in [0.15, 0.2) is 12.3 Å². The van der Waals surface area contributed by atoms with Crippen LogP contribution in [-0.2, 0) is 9.59 Å². The monoisotopic (exact) mass is 212 g/mol. The maximum absolute atomic E-state index is 11.4. The van der Waals surface area contributed by atoms with Gasteiger partial charge in [0, 0.05) is 26.8 Å². The van der Waals surface area contributed by atoms with Crippen LogP contribution in [0.5, 0.6) is 0 Å². The summed E-state index contributed by atoms with van der Waals surface area (Å²) in [4.78, 5) is 25.8. The molecule has 0 spiro atoms. The molecule has 1 aliphatic heterocycles. The molecule has 0 aromatic carbocycles. The van der Waals surface area contributed by atoms with Crippen LogP contribution in [0.1, 0.15) is 6.42 Å². The first-order valence-corrected chi connectivity index (χ1v) is 4.85. The Hall–Kier alpha value is -1.36. The Morgan fingerprint density at radius 3 is 2.80 bits per heavy atom. The number of hydrogen-bond donors (Lipinski definition) is 1. The highest BCUT2D eigenvalue weighted by atomic mass is 16.3. The summed E-state index contributed by atoms with van der Waals surface area (Å²) in [6.07, 6.45) is 2.57. The number of carbonyl (C=O) groups excluding carboxylic acids is 2. The van der Waals surface area contributed by atoms with Crippen LogP contribution in [0.4, 0.5) is 0 Å². The van der Waals surface area contributed by atoms with E-state index in [1.165, 1.54) is 11.0 Å². The maximum Gasteiger partial charge on any atom is 0.251 e. The van der Waals surface area contributed by atoms with Gasteiger partial charge in [0.25, 0.3) is 5.91 Å². The fraction of sp³-hybridized carbons (Fsp3) is 0.600. The van der Waals surface area contributed by atoms with Crippen molar-refractivity contribution < 1.29 is 14.7 Å². The van der Waals surface area contributed by atoms with Gasteiger partial charge in [-0.25, -0.2) is 0 Å². The quantitative estimate of drug-likeness (QED) is 0.621. The van der Waals surface area contributed by atoms with Crippen LogP contribution in [0.25, 0.3) is 0 Å². The molecule has 0 aromatic heterocycles. The minimum Gasteiger partial charge on any atom is -0.383 e. The summed E-state index contributed by atoms with van der Waals surface area (Å²) in [6.45, 7) is 0.516. The molecule has 84 valence electrons. The number of ketones is 1. The van der Waals surface area contributed by atoms with Crippen LogP contribution < -0.4 is 0 Å². The van der Waals surface area contributed by atoms with Gasteiger partial charge in [-0.3, -0.25) is 9.59 Å². The molecule has 1 heterocycles. The van der Waals surface area contributed by atoms with Gasteiger partial charge in [0.2, 0.25) is 0 Å². The highest BCUT2D eigenvalue weighted by Gasteiger charge is 2.30. The van der Waals surface area contributed by atoms with Crippen molar-refractivity contribution in [1.82, 2.24) is 9.80 Å². The molecule has 1 atom stereocenters. The minimum atomic E-state index is -0.921. The molecule has 1 aliphatic rings. The molecule has 5 heteroatoms. The van der Waals surface area contributed by atoms with E-state index in [-0.39, 0.29) is 18.2 Å². The molecule has 0 radical (unpaired) electrons. The van der Waals surface area contributed by atoms with E-state index in [1.807, 2.05) is 14.1 Å². The topological polar surface area (TPSA) is 60.9 Å². The third-order valence-electron chi connectivity index (χ3n) is 2.17. The molecule has 0 aliphatic carbocycles. The average Bonchev–Trinajstić information content (AvgIpc) is 2.47. The van der Waals surface area contributed by atoms with Gasteiger partial charge in [-0.05, 0) is 12.5 Å². The molecule has 1 N–H and O–H groups in total. The molecular weight excluding hydrogens is 196 g/mol. The Bertz CT molecular complexity index is 286. The molecule has 0 aromatic rings. The Balaban J connectivity index is 2.42. The number of amides is 1. The van der Waals surface area contributed by atoms with E-state index in [4.69, 9.17) is 0 Å². The zero-order valence-corrected chi connectivity index (χ0v) is 9.01. The number of hydrogen-bond acceptors (Lipinski definition) is 4. The van der Waals surface area contributed by atoms with E-state index in [0.717, 1.165) is 0 Å². The molecule has 15 heavy (non-hydrogen) atoms. The van der Waals surface area contributed by atoms with Crippen LogP contribution in [-0.4, -0.2) is 59.9 Å². The standard InChI is InChI=1S/C10H16N2O3/c1-11(2)5-3-8(13)7-12-6-4-9(14)10(12)15/h3,5,9,14H,4,6-7H2,1-2H3/b5-3+/t9-/m1/s1. The summed E-state index contributed by atoms with van der Waals surface area (Å²) >= 11 is 0. The maximum atomic E-state index is 11.4. The van der Waals surface area contributed by atoms with Gasteiger partial charge in [-0.2, -0.15) is 0 Å². The summed E-state index contributed by atoms with van der Waals surface area (Å²) in [7, 11) is 3.63. The molecule has 5 nitrogen and oxygen atoms in total. The van der Waals surface area contributed by atoms with Crippen molar-refractivity contribution >= 4 is 11.7 Å². The van der Waals surface area contributed by atoms with Gasteiger partial charge < -0.3 is 14.9 Å². The van der Waals surface area contributed by atoms with E-state index in [9.17, 15) is 14.7 Å². The van der Waals surface area contributed by atoms with Crippen molar-refractivity contribution in [3.05, 3.63) is 12.3 Å². The second kappa shape index (κ2) is 4.93. The lowest BCUT2D eigenvalue weighted by Crippen LogP contribution is -2.33. The lowest BCUT2D eigenvalue weighted by molar-refractivity contribution is -0.136. The predicted octanol–water partition coefficient (Wildman–Crippen LogP) is -0.776. The summed E-state index contributed by atoms with van der Waals surface area (Å²) in [5, 5.41) is 9.17. The normalized spacial score (nSPS) is 21.4.